The van der Waals surface area contributed by atoms with Crippen molar-refractivity contribution < 1.29 is 59.2 Å². The molecule has 0 amide bonds. The Bertz CT molecular complexity index is 1780. The second-order valence-electron chi connectivity index (χ2n) is 9.98. The zero-order valence-electron chi connectivity index (χ0n) is 23.0. The fourth-order valence-corrected chi connectivity index (χ4v) is 4.94. The fourth-order valence-electron chi connectivity index (χ4n) is 4.94. The Morgan fingerprint density at radius 1 is 0.955 bits per heavy atom. The average Bonchev–Trinajstić information content (AvgIpc) is 2.99. The second kappa shape index (κ2) is 12.3. The number of carbonyl (C=O) groups is 1. The molecule has 1 aliphatic heterocycles. The molecule has 5 rings (SSSR count). The zero-order chi connectivity index (χ0) is 31.7. The van der Waals surface area contributed by atoms with Gasteiger partial charge in [0.1, 0.15) is 58.4 Å². The minimum atomic E-state index is -1.86. The maximum absolute atomic E-state index is 13.1. The summed E-state index contributed by atoms with van der Waals surface area (Å²) in [7, 11) is 1.35. The predicted molar refractivity (Wildman–Crippen MR) is 153 cm³/mol. The summed E-state index contributed by atoms with van der Waals surface area (Å²) in [6.07, 6.45) is -6.12. The van der Waals surface area contributed by atoms with Crippen molar-refractivity contribution in [2.45, 2.75) is 30.5 Å². The number of esters is 1. The lowest BCUT2D eigenvalue weighted by Gasteiger charge is -2.42. The molecule has 0 bridgehead atoms. The van der Waals surface area contributed by atoms with E-state index in [0.29, 0.717) is 11.1 Å². The van der Waals surface area contributed by atoms with Crippen molar-refractivity contribution >= 4 is 23.0 Å². The molecule has 0 radical (unpaired) electrons. The van der Waals surface area contributed by atoms with Crippen LogP contribution in [-0.4, -0.2) is 79.8 Å². The smallest absolute Gasteiger partial charge is 0.331 e. The fraction of sp³-hybridized carbons (Fsp3) is 0.226. The van der Waals surface area contributed by atoms with Gasteiger partial charge in [-0.2, -0.15) is 0 Å². The Morgan fingerprint density at radius 2 is 1.68 bits per heavy atom. The van der Waals surface area contributed by atoms with E-state index in [1.165, 1.54) is 55.7 Å². The van der Waals surface area contributed by atoms with Crippen molar-refractivity contribution in [3.63, 3.8) is 0 Å². The summed E-state index contributed by atoms with van der Waals surface area (Å²) < 4.78 is 21.9. The number of phenolic OH excluding ortho intramolecular Hbond substituents is 4. The molecule has 1 aliphatic rings. The molecule has 0 unspecified atom stereocenters. The number of benzene rings is 3. The lowest BCUT2D eigenvalue weighted by Crippen LogP contribution is -2.56. The summed E-state index contributed by atoms with van der Waals surface area (Å²) in [5.41, 5.74) is -0.526. The number of aliphatic hydroxyl groups is 3. The van der Waals surface area contributed by atoms with Crippen molar-refractivity contribution in [1.82, 2.24) is 0 Å². The SMILES string of the molecule is COc1cc(/C=C/C(=O)O[C@H]2[C@@H](O)[C@H](O)[C@@H](CO)O[C@H]2c2c(O)cc3oc(-c4ccc(O)cc4)cc(=O)c3c2O)ccc1O. The molecule has 4 aromatic rings. The molecule has 44 heavy (non-hydrogen) atoms. The minimum Gasteiger partial charge on any atom is -0.508 e. The molecule has 2 heterocycles. The van der Waals surface area contributed by atoms with Crippen LogP contribution in [0.4, 0.5) is 0 Å². The molecule has 230 valence electrons. The van der Waals surface area contributed by atoms with Crippen LogP contribution in [0.5, 0.6) is 28.7 Å². The molecule has 13 heteroatoms. The number of carbonyl (C=O) groups excluding carboxylic acids is 1. The van der Waals surface area contributed by atoms with Crippen LogP contribution in [0.3, 0.4) is 0 Å². The maximum Gasteiger partial charge on any atom is 0.331 e. The summed E-state index contributed by atoms with van der Waals surface area (Å²) in [6.45, 7) is -0.786. The standard InChI is InChI=1S/C31H28O13/c1-41-21-10-14(2-8-17(21)34)3-9-24(37)44-31-29(40)27(38)23(13-32)43-30(31)26-19(36)12-22-25(28(26)39)18(35)11-20(42-22)15-4-6-16(33)7-5-15/h2-12,23,27,29-34,36,38-40H,13H2,1H3/b9-3+/t23-,27-,29+,30+,31+/m1/s1. The summed E-state index contributed by atoms with van der Waals surface area (Å²) in [5, 5.41) is 72.3. The van der Waals surface area contributed by atoms with Gasteiger partial charge in [0.2, 0.25) is 0 Å². The van der Waals surface area contributed by atoms with Gasteiger partial charge in [-0.25, -0.2) is 4.79 Å². The monoisotopic (exact) mass is 608 g/mol. The van der Waals surface area contributed by atoms with Gasteiger partial charge in [-0.1, -0.05) is 6.07 Å². The van der Waals surface area contributed by atoms with E-state index in [-0.39, 0.29) is 34.0 Å². The number of fused-ring (bicyclic) bond motifs is 1. The van der Waals surface area contributed by atoms with Crippen LogP contribution in [0.1, 0.15) is 17.2 Å². The first-order valence-corrected chi connectivity index (χ1v) is 13.2. The molecule has 5 atom stereocenters. The van der Waals surface area contributed by atoms with Gasteiger partial charge in [-0.15, -0.1) is 0 Å². The van der Waals surface area contributed by atoms with Crippen molar-refractivity contribution in [1.29, 1.82) is 0 Å². The predicted octanol–water partition coefficient (Wildman–Crippen LogP) is 2.07. The van der Waals surface area contributed by atoms with Crippen LogP contribution >= 0.6 is 0 Å². The topological polar surface area (TPSA) is 217 Å². The third-order valence-electron chi connectivity index (χ3n) is 7.18. The Hall–Kier alpha value is -5.08. The van der Waals surface area contributed by atoms with E-state index in [2.05, 4.69) is 0 Å². The number of aromatic hydroxyl groups is 4. The lowest BCUT2D eigenvalue weighted by molar-refractivity contribution is -0.240. The highest BCUT2D eigenvalue weighted by molar-refractivity contribution is 5.89. The molecule has 0 aliphatic carbocycles. The van der Waals surface area contributed by atoms with Gasteiger partial charge >= 0.3 is 5.97 Å². The molecule has 13 nitrogen and oxygen atoms in total. The van der Waals surface area contributed by atoms with Crippen LogP contribution < -0.4 is 10.2 Å². The molecule has 1 fully saturated rings. The molecular weight excluding hydrogens is 580 g/mol. The normalized spacial score (nSPS) is 21.9. The van der Waals surface area contributed by atoms with Crippen molar-refractivity contribution in [3.8, 4) is 40.1 Å². The van der Waals surface area contributed by atoms with Gasteiger partial charge in [-0.3, -0.25) is 4.79 Å². The average molecular weight is 609 g/mol. The number of aliphatic hydroxyl groups excluding tert-OH is 3. The van der Waals surface area contributed by atoms with E-state index in [4.69, 9.17) is 18.6 Å². The Balaban J connectivity index is 1.52. The third kappa shape index (κ3) is 5.76. The Morgan fingerprint density at radius 3 is 2.36 bits per heavy atom. The summed E-state index contributed by atoms with van der Waals surface area (Å²) >= 11 is 0. The minimum absolute atomic E-state index is 0.0101. The first kappa shape index (κ1) is 30.4. The van der Waals surface area contributed by atoms with Crippen molar-refractivity contribution in [2.75, 3.05) is 13.7 Å². The highest BCUT2D eigenvalue weighted by atomic mass is 16.6. The van der Waals surface area contributed by atoms with Crippen molar-refractivity contribution in [3.05, 3.63) is 82.0 Å². The quantitative estimate of drug-likeness (QED) is 0.118. The van der Waals surface area contributed by atoms with E-state index in [9.17, 15) is 45.3 Å². The van der Waals surface area contributed by atoms with Gasteiger partial charge < -0.3 is 54.4 Å². The molecule has 3 aromatic carbocycles. The van der Waals surface area contributed by atoms with E-state index in [1.54, 1.807) is 0 Å². The summed E-state index contributed by atoms with van der Waals surface area (Å²) in [5.74, 6) is -2.40. The molecule has 0 saturated carbocycles. The first-order valence-electron chi connectivity index (χ1n) is 13.2. The van der Waals surface area contributed by atoms with Crippen LogP contribution in [0.2, 0.25) is 0 Å². The highest BCUT2D eigenvalue weighted by Gasteiger charge is 2.49. The third-order valence-corrected chi connectivity index (χ3v) is 7.18. The van der Waals surface area contributed by atoms with Gasteiger partial charge in [0.15, 0.2) is 23.0 Å². The second-order valence-corrected chi connectivity index (χ2v) is 9.98. The zero-order valence-corrected chi connectivity index (χ0v) is 23.0. The van der Waals surface area contributed by atoms with Gasteiger partial charge in [-0.05, 0) is 48.0 Å². The summed E-state index contributed by atoms with van der Waals surface area (Å²) in [6, 6.07) is 12.2. The number of hydrogen-bond donors (Lipinski definition) is 7. The molecule has 1 aromatic heterocycles. The van der Waals surface area contributed by atoms with Crippen LogP contribution in [0, 0.1) is 0 Å². The lowest BCUT2D eigenvalue weighted by atomic mass is 9.89. The number of rotatable bonds is 7. The van der Waals surface area contributed by atoms with E-state index in [0.717, 1.165) is 18.2 Å². The maximum atomic E-state index is 13.1. The van der Waals surface area contributed by atoms with Crippen molar-refractivity contribution in [2.24, 2.45) is 0 Å². The molecule has 0 spiro atoms. The Labute approximate surface area is 248 Å². The molecular formula is C31H28O13. The van der Waals surface area contributed by atoms with E-state index >= 15 is 0 Å². The molecule has 7 N–H and O–H groups in total. The largest absolute Gasteiger partial charge is 0.508 e. The van der Waals surface area contributed by atoms with Crippen LogP contribution in [0.15, 0.2) is 69.9 Å². The van der Waals surface area contributed by atoms with E-state index < -0.39 is 65.6 Å². The Kier molecular flexibility index (Phi) is 8.47. The highest BCUT2D eigenvalue weighted by Crippen LogP contribution is 2.45. The number of phenols is 4. The first-order chi connectivity index (χ1) is 21.0. The van der Waals surface area contributed by atoms with Gasteiger partial charge in [0.05, 0.1) is 19.3 Å². The number of hydrogen-bond acceptors (Lipinski definition) is 13. The van der Waals surface area contributed by atoms with Gasteiger partial charge in [0.25, 0.3) is 0 Å². The van der Waals surface area contributed by atoms with Gasteiger partial charge in [0, 0.05) is 23.8 Å². The molecule has 1 saturated heterocycles. The summed E-state index contributed by atoms with van der Waals surface area (Å²) in [4.78, 5) is 26.0. The number of ether oxygens (including phenoxy) is 3. The van der Waals surface area contributed by atoms with E-state index in [1.807, 2.05) is 0 Å². The van der Waals surface area contributed by atoms with Crippen LogP contribution in [0.25, 0.3) is 28.4 Å². The number of methoxy groups -OCH3 is 1. The van der Waals surface area contributed by atoms with Crippen LogP contribution in [-0.2, 0) is 14.3 Å².